The molecule has 1 aromatic carbocycles. The molecule has 3 rings (SSSR count). The monoisotopic (exact) mass is 219 g/mol. The van der Waals surface area contributed by atoms with Gasteiger partial charge in [-0.3, -0.25) is 0 Å². The Kier molecular flexibility index (Phi) is 2.12. The highest BCUT2D eigenvalue weighted by atomic mass is 32.2. The maximum atomic E-state index is 6.14. The summed E-state index contributed by atoms with van der Waals surface area (Å²) in [6.45, 7) is 2.30. The normalized spacial score (nSPS) is 26.4. The van der Waals surface area contributed by atoms with Crippen molar-refractivity contribution in [1.82, 2.24) is 0 Å². The van der Waals surface area contributed by atoms with Crippen molar-refractivity contribution in [2.24, 2.45) is 5.73 Å². The SMILES string of the molecule is CC1Cc2ccc(CC3(N)CC3)cc2S1. The molecule has 15 heavy (non-hydrogen) atoms. The fraction of sp³-hybridized carbons (Fsp3) is 0.538. The van der Waals surface area contributed by atoms with Crippen molar-refractivity contribution >= 4 is 11.8 Å². The Morgan fingerprint density at radius 3 is 3.00 bits per heavy atom. The summed E-state index contributed by atoms with van der Waals surface area (Å²) in [7, 11) is 0. The Hall–Kier alpha value is -0.470. The molecule has 1 fully saturated rings. The highest BCUT2D eigenvalue weighted by Crippen LogP contribution is 2.40. The minimum absolute atomic E-state index is 0.142. The molecule has 0 bridgehead atoms. The minimum atomic E-state index is 0.142. The second-order valence-corrected chi connectivity index (χ2v) is 6.59. The van der Waals surface area contributed by atoms with E-state index in [-0.39, 0.29) is 5.54 Å². The first kappa shape index (κ1) is 9.73. The number of thioether (sulfide) groups is 1. The van der Waals surface area contributed by atoms with Crippen molar-refractivity contribution in [1.29, 1.82) is 0 Å². The van der Waals surface area contributed by atoms with E-state index in [0.717, 1.165) is 11.7 Å². The molecular weight excluding hydrogens is 202 g/mol. The zero-order chi connectivity index (χ0) is 10.5. The molecule has 2 N–H and O–H groups in total. The molecule has 2 heteroatoms. The highest BCUT2D eigenvalue weighted by Gasteiger charge is 2.38. The van der Waals surface area contributed by atoms with Crippen LogP contribution in [0, 0.1) is 0 Å². The van der Waals surface area contributed by atoms with Crippen LogP contribution in [0.25, 0.3) is 0 Å². The van der Waals surface area contributed by atoms with Crippen molar-refractivity contribution in [3.05, 3.63) is 29.3 Å². The summed E-state index contributed by atoms with van der Waals surface area (Å²) in [5.74, 6) is 0. The van der Waals surface area contributed by atoms with E-state index in [4.69, 9.17) is 5.73 Å². The fourth-order valence-electron chi connectivity index (χ4n) is 2.30. The van der Waals surface area contributed by atoms with E-state index in [1.807, 2.05) is 11.8 Å². The van der Waals surface area contributed by atoms with Crippen LogP contribution in [0.15, 0.2) is 23.1 Å². The van der Waals surface area contributed by atoms with Crippen molar-refractivity contribution in [3.63, 3.8) is 0 Å². The quantitative estimate of drug-likeness (QED) is 0.827. The van der Waals surface area contributed by atoms with Gasteiger partial charge >= 0.3 is 0 Å². The third-order valence-corrected chi connectivity index (χ3v) is 4.62. The van der Waals surface area contributed by atoms with E-state index < -0.39 is 0 Å². The van der Waals surface area contributed by atoms with E-state index >= 15 is 0 Å². The van der Waals surface area contributed by atoms with Gasteiger partial charge in [-0.05, 0) is 42.9 Å². The number of hydrogen-bond donors (Lipinski definition) is 1. The molecule has 2 aliphatic rings. The van der Waals surface area contributed by atoms with Gasteiger partial charge in [0.05, 0.1) is 0 Å². The van der Waals surface area contributed by atoms with Gasteiger partial charge in [0.15, 0.2) is 0 Å². The molecule has 1 aromatic rings. The first-order valence-corrected chi connectivity index (χ1v) is 6.60. The van der Waals surface area contributed by atoms with E-state index in [1.54, 1.807) is 0 Å². The van der Waals surface area contributed by atoms with Gasteiger partial charge in [0.2, 0.25) is 0 Å². The molecule has 0 aromatic heterocycles. The van der Waals surface area contributed by atoms with E-state index in [2.05, 4.69) is 25.1 Å². The topological polar surface area (TPSA) is 26.0 Å². The number of benzene rings is 1. The summed E-state index contributed by atoms with van der Waals surface area (Å²) < 4.78 is 0. The number of nitrogens with two attached hydrogens (primary N) is 1. The molecule has 0 spiro atoms. The van der Waals surface area contributed by atoms with Crippen LogP contribution < -0.4 is 5.73 Å². The highest BCUT2D eigenvalue weighted by molar-refractivity contribution is 8.00. The Morgan fingerprint density at radius 1 is 1.47 bits per heavy atom. The minimum Gasteiger partial charge on any atom is -0.325 e. The van der Waals surface area contributed by atoms with E-state index in [9.17, 15) is 0 Å². The zero-order valence-corrected chi connectivity index (χ0v) is 9.94. The van der Waals surface area contributed by atoms with Crippen molar-refractivity contribution in [2.45, 2.75) is 48.3 Å². The molecule has 80 valence electrons. The van der Waals surface area contributed by atoms with Gasteiger partial charge < -0.3 is 5.73 Å². The summed E-state index contributed by atoms with van der Waals surface area (Å²) in [4.78, 5) is 1.49. The zero-order valence-electron chi connectivity index (χ0n) is 9.12. The summed E-state index contributed by atoms with van der Waals surface area (Å²) in [6, 6.07) is 6.92. The summed E-state index contributed by atoms with van der Waals surface area (Å²) >= 11 is 2.01. The van der Waals surface area contributed by atoms with Crippen molar-refractivity contribution < 1.29 is 0 Å². The van der Waals surface area contributed by atoms with E-state index in [0.29, 0.717) is 0 Å². The molecule has 1 heterocycles. The van der Waals surface area contributed by atoms with Crippen LogP contribution in [0.1, 0.15) is 30.9 Å². The molecule has 1 aliphatic carbocycles. The van der Waals surface area contributed by atoms with Gasteiger partial charge in [-0.25, -0.2) is 0 Å². The predicted octanol–water partition coefficient (Wildman–Crippen LogP) is 2.76. The van der Waals surface area contributed by atoms with Crippen molar-refractivity contribution in [3.8, 4) is 0 Å². The first-order chi connectivity index (χ1) is 7.15. The summed E-state index contributed by atoms with van der Waals surface area (Å²) in [5, 5.41) is 0.753. The predicted molar refractivity (Wildman–Crippen MR) is 65.3 cm³/mol. The van der Waals surface area contributed by atoms with Gasteiger partial charge in [-0.2, -0.15) is 0 Å². The largest absolute Gasteiger partial charge is 0.325 e. The number of fused-ring (bicyclic) bond motifs is 1. The van der Waals surface area contributed by atoms with Gasteiger partial charge in [0, 0.05) is 15.7 Å². The first-order valence-electron chi connectivity index (χ1n) is 5.72. The van der Waals surface area contributed by atoms with Crippen LogP contribution >= 0.6 is 11.8 Å². The Morgan fingerprint density at radius 2 is 2.27 bits per heavy atom. The fourth-order valence-corrected chi connectivity index (χ4v) is 3.52. The maximum Gasteiger partial charge on any atom is 0.0196 e. The van der Waals surface area contributed by atoms with Crippen LogP contribution in [-0.4, -0.2) is 10.8 Å². The number of rotatable bonds is 2. The molecule has 0 saturated heterocycles. The second-order valence-electron chi connectivity index (χ2n) is 5.11. The van der Waals surface area contributed by atoms with Crippen LogP contribution in [-0.2, 0) is 12.8 Å². The summed E-state index contributed by atoms with van der Waals surface area (Å²) in [6.07, 6.45) is 4.70. The molecule has 1 unspecified atom stereocenters. The van der Waals surface area contributed by atoms with Gasteiger partial charge in [0.25, 0.3) is 0 Å². The molecular formula is C13H17NS. The molecule has 0 radical (unpaired) electrons. The summed E-state index contributed by atoms with van der Waals surface area (Å²) in [5.41, 5.74) is 9.24. The average Bonchev–Trinajstić information content (AvgIpc) is 2.76. The lowest BCUT2D eigenvalue weighted by atomic mass is 10.0. The lowest BCUT2D eigenvalue weighted by Gasteiger charge is -2.09. The molecule has 1 saturated carbocycles. The molecule has 1 aliphatic heterocycles. The molecule has 0 amide bonds. The van der Waals surface area contributed by atoms with Crippen LogP contribution in [0.3, 0.4) is 0 Å². The Balaban J connectivity index is 1.83. The third kappa shape index (κ3) is 1.93. The Bertz CT molecular complexity index is 396. The maximum absolute atomic E-state index is 6.14. The van der Waals surface area contributed by atoms with Crippen LogP contribution in [0.4, 0.5) is 0 Å². The van der Waals surface area contributed by atoms with Gasteiger partial charge in [-0.15, -0.1) is 11.8 Å². The van der Waals surface area contributed by atoms with Crippen molar-refractivity contribution in [2.75, 3.05) is 0 Å². The third-order valence-electron chi connectivity index (χ3n) is 3.42. The second kappa shape index (κ2) is 3.26. The van der Waals surface area contributed by atoms with E-state index in [1.165, 1.54) is 35.3 Å². The van der Waals surface area contributed by atoms with Crippen LogP contribution in [0.5, 0.6) is 0 Å². The lowest BCUT2D eigenvalue weighted by molar-refractivity contribution is 0.671. The molecule has 1 nitrogen and oxygen atoms in total. The average molecular weight is 219 g/mol. The Labute approximate surface area is 95.4 Å². The number of hydrogen-bond acceptors (Lipinski definition) is 2. The standard InChI is InChI=1S/C13H17NS/c1-9-6-11-3-2-10(7-12(11)15-9)8-13(14)4-5-13/h2-3,7,9H,4-6,8,14H2,1H3. The smallest absolute Gasteiger partial charge is 0.0196 e. The molecule has 1 atom stereocenters. The lowest BCUT2D eigenvalue weighted by Crippen LogP contribution is -2.24. The van der Waals surface area contributed by atoms with Crippen LogP contribution in [0.2, 0.25) is 0 Å². The van der Waals surface area contributed by atoms with Gasteiger partial charge in [-0.1, -0.05) is 19.1 Å². The van der Waals surface area contributed by atoms with Gasteiger partial charge in [0.1, 0.15) is 0 Å².